The van der Waals surface area contributed by atoms with Gasteiger partial charge in [-0.15, -0.1) is 11.3 Å². The quantitative estimate of drug-likeness (QED) is 0.700. The van der Waals surface area contributed by atoms with Crippen LogP contribution in [0.3, 0.4) is 0 Å². The average Bonchev–Trinajstić information content (AvgIpc) is 2.31. The van der Waals surface area contributed by atoms with Crippen molar-refractivity contribution in [3.05, 3.63) is 16.1 Å². The number of alkyl halides is 3. The number of carbonyl (C=O) groups is 1. The van der Waals surface area contributed by atoms with Crippen molar-refractivity contribution in [2.24, 2.45) is 0 Å². The molecule has 0 N–H and O–H groups in total. The number of Topliss-reactive ketones (excluding diaryl/α,β-unsaturated/α-hetero) is 1. The lowest BCUT2D eigenvalue weighted by molar-refractivity contribution is -0.127. The SMILES string of the molecule is CC(=O)c1csc(CC(F)(F)F)n1. The molecule has 0 spiro atoms. The van der Waals surface area contributed by atoms with Crippen molar-refractivity contribution in [2.75, 3.05) is 0 Å². The highest BCUT2D eigenvalue weighted by molar-refractivity contribution is 7.09. The van der Waals surface area contributed by atoms with Crippen LogP contribution in [0.4, 0.5) is 13.2 Å². The van der Waals surface area contributed by atoms with Gasteiger partial charge < -0.3 is 0 Å². The molecule has 0 aliphatic heterocycles. The van der Waals surface area contributed by atoms with Crippen LogP contribution in [-0.2, 0) is 6.42 Å². The smallest absolute Gasteiger partial charge is 0.293 e. The molecule has 0 amide bonds. The molecule has 1 aromatic heterocycles. The van der Waals surface area contributed by atoms with Gasteiger partial charge in [-0.25, -0.2) is 4.98 Å². The Kier molecular flexibility index (Phi) is 2.70. The summed E-state index contributed by atoms with van der Waals surface area (Å²) in [5, 5.41) is 1.27. The first-order valence-electron chi connectivity index (χ1n) is 3.40. The van der Waals surface area contributed by atoms with E-state index in [1.807, 2.05) is 0 Å². The average molecular weight is 209 g/mol. The minimum atomic E-state index is -4.26. The highest BCUT2D eigenvalue weighted by Crippen LogP contribution is 2.23. The van der Waals surface area contributed by atoms with Gasteiger partial charge in [0.1, 0.15) is 10.7 Å². The molecule has 13 heavy (non-hydrogen) atoms. The van der Waals surface area contributed by atoms with E-state index < -0.39 is 12.6 Å². The van der Waals surface area contributed by atoms with E-state index >= 15 is 0 Å². The highest BCUT2D eigenvalue weighted by atomic mass is 32.1. The second kappa shape index (κ2) is 3.45. The Balaban J connectivity index is 2.75. The van der Waals surface area contributed by atoms with Crippen LogP contribution in [0.25, 0.3) is 0 Å². The van der Waals surface area contributed by atoms with Crippen LogP contribution in [0.1, 0.15) is 22.4 Å². The van der Waals surface area contributed by atoms with Crippen molar-refractivity contribution in [2.45, 2.75) is 19.5 Å². The van der Waals surface area contributed by atoms with Crippen LogP contribution in [0.15, 0.2) is 5.38 Å². The fraction of sp³-hybridized carbons (Fsp3) is 0.429. The number of aromatic nitrogens is 1. The second-order valence-corrected chi connectivity index (χ2v) is 3.42. The van der Waals surface area contributed by atoms with E-state index in [1.165, 1.54) is 12.3 Å². The molecule has 0 bridgehead atoms. The lowest BCUT2D eigenvalue weighted by Gasteiger charge is -2.01. The summed E-state index contributed by atoms with van der Waals surface area (Å²) in [6.45, 7) is 1.27. The first-order valence-corrected chi connectivity index (χ1v) is 4.28. The summed E-state index contributed by atoms with van der Waals surface area (Å²) in [7, 11) is 0. The summed E-state index contributed by atoms with van der Waals surface area (Å²) in [6, 6.07) is 0. The molecule has 0 fully saturated rings. The van der Waals surface area contributed by atoms with Gasteiger partial charge in [-0.1, -0.05) is 0 Å². The minimum Gasteiger partial charge on any atom is -0.293 e. The zero-order chi connectivity index (χ0) is 10.1. The van der Waals surface area contributed by atoms with Crippen LogP contribution in [0, 0.1) is 0 Å². The van der Waals surface area contributed by atoms with Gasteiger partial charge in [0.05, 0.1) is 6.42 Å². The van der Waals surface area contributed by atoms with Gasteiger partial charge >= 0.3 is 6.18 Å². The maximum atomic E-state index is 11.8. The molecule has 0 aromatic carbocycles. The lowest BCUT2D eigenvalue weighted by atomic mass is 10.3. The van der Waals surface area contributed by atoms with E-state index in [0.717, 1.165) is 11.3 Å². The van der Waals surface area contributed by atoms with Crippen LogP contribution in [0.2, 0.25) is 0 Å². The van der Waals surface area contributed by atoms with E-state index in [0.29, 0.717) is 0 Å². The molecule has 0 atom stereocenters. The largest absolute Gasteiger partial charge is 0.395 e. The summed E-state index contributed by atoms with van der Waals surface area (Å²) in [5.74, 6) is -0.315. The molecule has 0 saturated carbocycles. The Bertz CT molecular complexity index is 318. The van der Waals surface area contributed by atoms with Crippen LogP contribution in [0.5, 0.6) is 0 Å². The third-order valence-electron chi connectivity index (χ3n) is 1.26. The zero-order valence-corrected chi connectivity index (χ0v) is 7.50. The van der Waals surface area contributed by atoms with Gasteiger partial charge in [0.2, 0.25) is 0 Å². The van der Waals surface area contributed by atoms with Gasteiger partial charge in [0, 0.05) is 12.3 Å². The summed E-state index contributed by atoms with van der Waals surface area (Å²) in [5.41, 5.74) is 0.101. The number of ketones is 1. The second-order valence-electron chi connectivity index (χ2n) is 2.47. The van der Waals surface area contributed by atoms with Crippen molar-refractivity contribution in [1.29, 1.82) is 0 Å². The standard InChI is InChI=1S/C7H6F3NOS/c1-4(12)5-3-13-6(11-5)2-7(8,9)10/h3H,2H2,1H3. The van der Waals surface area contributed by atoms with Crippen LogP contribution >= 0.6 is 11.3 Å². The molecule has 2 nitrogen and oxygen atoms in total. The van der Waals surface area contributed by atoms with E-state index in [4.69, 9.17) is 0 Å². The Morgan fingerprint density at radius 3 is 2.62 bits per heavy atom. The molecule has 1 heterocycles. The maximum Gasteiger partial charge on any atom is 0.395 e. The summed E-state index contributed by atoms with van der Waals surface area (Å²) in [6.07, 6.45) is -5.32. The van der Waals surface area contributed by atoms with Gasteiger partial charge in [0.15, 0.2) is 5.78 Å². The van der Waals surface area contributed by atoms with Crippen LogP contribution in [-0.4, -0.2) is 16.9 Å². The topological polar surface area (TPSA) is 30.0 Å². The van der Waals surface area contributed by atoms with Gasteiger partial charge in [-0.3, -0.25) is 4.79 Å². The maximum absolute atomic E-state index is 11.8. The molecule has 0 unspecified atom stereocenters. The van der Waals surface area contributed by atoms with Crippen LogP contribution < -0.4 is 0 Å². The summed E-state index contributed by atoms with van der Waals surface area (Å²) < 4.78 is 35.5. The minimum absolute atomic E-state index is 0.0716. The first kappa shape index (κ1) is 10.2. The Morgan fingerprint density at radius 1 is 1.62 bits per heavy atom. The number of thiazole rings is 1. The van der Waals surface area contributed by atoms with Crippen molar-refractivity contribution in [3.8, 4) is 0 Å². The number of halogens is 3. The molecule has 0 saturated heterocycles. The highest BCUT2D eigenvalue weighted by Gasteiger charge is 2.29. The first-order chi connectivity index (χ1) is 5.88. The van der Waals surface area contributed by atoms with Crippen molar-refractivity contribution in [3.63, 3.8) is 0 Å². The zero-order valence-electron chi connectivity index (χ0n) is 6.68. The van der Waals surface area contributed by atoms with Crippen molar-refractivity contribution >= 4 is 17.1 Å². The fourth-order valence-corrected chi connectivity index (χ4v) is 1.59. The molecular formula is C7H6F3NOS. The third kappa shape index (κ3) is 3.14. The fourth-order valence-electron chi connectivity index (χ4n) is 0.725. The molecular weight excluding hydrogens is 203 g/mol. The third-order valence-corrected chi connectivity index (χ3v) is 2.11. The Morgan fingerprint density at radius 2 is 2.23 bits per heavy atom. The van der Waals surface area contributed by atoms with E-state index in [1.54, 1.807) is 0 Å². The molecule has 1 aromatic rings. The normalized spacial score (nSPS) is 11.7. The number of carbonyl (C=O) groups excluding carboxylic acids is 1. The number of nitrogens with zero attached hydrogens (tertiary/aromatic N) is 1. The predicted octanol–water partition coefficient (Wildman–Crippen LogP) is 2.45. The van der Waals surface area contributed by atoms with E-state index in [2.05, 4.69) is 4.98 Å². The Hall–Kier alpha value is -0.910. The molecule has 6 heteroatoms. The molecule has 72 valence electrons. The molecule has 0 aliphatic rings. The van der Waals surface area contributed by atoms with E-state index in [9.17, 15) is 18.0 Å². The van der Waals surface area contributed by atoms with Crippen molar-refractivity contribution < 1.29 is 18.0 Å². The molecule has 1 rings (SSSR count). The number of rotatable bonds is 2. The molecule has 0 radical (unpaired) electrons. The van der Waals surface area contributed by atoms with Gasteiger partial charge in [-0.05, 0) is 0 Å². The predicted molar refractivity (Wildman–Crippen MR) is 41.9 cm³/mol. The summed E-state index contributed by atoms with van der Waals surface area (Å²) >= 11 is 0.853. The molecule has 0 aliphatic carbocycles. The van der Waals surface area contributed by atoms with Crippen molar-refractivity contribution in [1.82, 2.24) is 4.98 Å². The van der Waals surface area contributed by atoms with Gasteiger partial charge in [-0.2, -0.15) is 13.2 Å². The van der Waals surface area contributed by atoms with E-state index in [-0.39, 0.29) is 16.5 Å². The number of hydrogen-bond acceptors (Lipinski definition) is 3. The number of hydrogen-bond donors (Lipinski definition) is 0. The lowest BCUT2D eigenvalue weighted by Crippen LogP contribution is -2.11. The summed E-state index contributed by atoms with van der Waals surface area (Å²) in [4.78, 5) is 14.2. The Labute approximate surface area is 76.4 Å². The monoisotopic (exact) mass is 209 g/mol. The van der Waals surface area contributed by atoms with Gasteiger partial charge in [0.25, 0.3) is 0 Å².